The van der Waals surface area contributed by atoms with E-state index in [0.717, 1.165) is 22.7 Å². The number of rotatable bonds is 5. The Balaban J connectivity index is 1.95. The smallest absolute Gasteiger partial charge is 0.174 e. The van der Waals surface area contributed by atoms with Crippen molar-refractivity contribution in [2.24, 2.45) is 0 Å². The van der Waals surface area contributed by atoms with Gasteiger partial charge >= 0.3 is 0 Å². The first-order valence-electron chi connectivity index (χ1n) is 5.96. The maximum atomic E-state index is 8.42. The summed E-state index contributed by atoms with van der Waals surface area (Å²) >= 11 is 0. The van der Waals surface area contributed by atoms with Gasteiger partial charge in [-0.2, -0.15) is 5.26 Å². The van der Waals surface area contributed by atoms with Crippen LogP contribution in [0, 0.1) is 25.2 Å². The van der Waals surface area contributed by atoms with Crippen LogP contribution in [0.15, 0.2) is 28.8 Å². The predicted octanol–water partition coefficient (Wildman–Crippen LogP) is 2.81. The van der Waals surface area contributed by atoms with Crippen LogP contribution in [0.2, 0.25) is 0 Å². The molecule has 98 valence electrons. The first-order chi connectivity index (χ1) is 9.20. The number of ether oxygens (including phenoxy) is 1. The maximum Gasteiger partial charge on any atom is 0.174 e. The second-order valence-corrected chi connectivity index (χ2v) is 4.13. The summed E-state index contributed by atoms with van der Waals surface area (Å²) in [5.74, 6) is 1.52. The van der Waals surface area contributed by atoms with Gasteiger partial charge in [0.2, 0.25) is 0 Å². The third-order valence-corrected chi connectivity index (χ3v) is 2.81. The van der Waals surface area contributed by atoms with E-state index in [2.05, 4.69) is 10.5 Å². The average molecular weight is 257 g/mol. The first-order valence-corrected chi connectivity index (χ1v) is 5.96. The number of nitrogens with zero attached hydrogens (tertiary/aromatic N) is 2. The number of aromatic nitrogens is 1. The molecule has 0 amide bonds. The fraction of sp³-hybridized carbons (Fsp3) is 0.286. The normalized spacial score (nSPS) is 9.95. The van der Waals surface area contributed by atoms with E-state index < -0.39 is 0 Å². The lowest BCUT2D eigenvalue weighted by Gasteiger charge is -2.07. The third-order valence-electron chi connectivity index (χ3n) is 2.81. The number of hydrogen-bond donors (Lipinski definition) is 1. The van der Waals surface area contributed by atoms with Crippen molar-refractivity contribution in [3.8, 4) is 11.8 Å². The van der Waals surface area contributed by atoms with E-state index in [1.54, 1.807) is 0 Å². The Kier molecular flexibility index (Phi) is 4.04. The average Bonchev–Trinajstić information content (AvgIpc) is 2.75. The minimum absolute atomic E-state index is 0.0614. The molecule has 5 heteroatoms. The third kappa shape index (κ3) is 3.26. The molecule has 0 radical (unpaired) electrons. The molecular formula is C14H15N3O2. The first kappa shape index (κ1) is 13.0. The molecular weight excluding hydrogens is 242 g/mol. The van der Waals surface area contributed by atoms with Gasteiger partial charge in [0, 0.05) is 17.8 Å². The monoisotopic (exact) mass is 257 g/mol. The summed E-state index contributed by atoms with van der Waals surface area (Å²) in [6, 6.07) is 9.40. The van der Waals surface area contributed by atoms with Gasteiger partial charge in [0.1, 0.15) is 17.6 Å². The van der Waals surface area contributed by atoms with Gasteiger partial charge in [0.25, 0.3) is 0 Å². The number of nitriles is 1. The van der Waals surface area contributed by atoms with Gasteiger partial charge in [-0.3, -0.25) is 0 Å². The number of hydrogen-bond acceptors (Lipinski definition) is 5. The van der Waals surface area contributed by atoms with Crippen molar-refractivity contribution in [1.82, 2.24) is 5.16 Å². The summed E-state index contributed by atoms with van der Waals surface area (Å²) < 4.78 is 10.3. The van der Waals surface area contributed by atoms with Crippen molar-refractivity contribution >= 4 is 5.69 Å². The minimum Gasteiger partial charge on any atom is -0.479 e. The van der Waals surface area contributed by atoms with Crippen molar-refractivity contribution in [3.05, 3.63) is 41.3 Å². The van der Waals surface area contributed by atoms with Crippen molar-refractivity contribution < 1.29 is 9.26 Å². The maximum absolute atomic E-state index is 8.42. The van der Waals surface area contributed by atoms with E-state index in [9.17, 15) is 0 Å². The van der Waals surface area contributed by atoms with Gasteiger partial charge in [-0.05, 0) is 38.1 Å². The van der Waals surface area contributed by atoms with Gasteiger partial charge in [0.15, 0.2) is 6.61 Å². The van der Waals surface area contributed by atoms with Gasteiger partial charge in [0.05, 0.1) is 5.69 Å². The van der Waals surface area contributed by atoms with Crippen LogP contribution in [0.1, 0.15) is 17.0 Å². The molecule has 1 N–H and O–H groups in total. The Morgan fingerprint density at radius 1 is 1.32 bits per heavy atom. The zero-order valence-electron chi connectivity index (χ0n) is 10.9. The fourth-order valence-corrected chi connectivity index (χ4v) is 1.73. The van der Waals surface area contributed by atoms with Gasteiger partial charge < -0.3 is 14.6 Å². The molecule has 5 nitrogen and oxygen atoms in total. The standard InChI is InChI=1S/C14H15N3O2/c1-10-14(11(2)19-17-10)9-16-12-3-5-13(6-4-12)18-8-7-15/h3-6,16H,8-9H2,1-2H3. The molecule has 0 aliphatic rings. The molecule has 0 saturated heterocycles. The molecule has 0 spiro atoms. The van der Waals surface area contributed by atoms with Crippen LogP contribution in [-0.4, -0.2) is 11.8 Å². The highest BCUT2D eigenvalue weighted by atomic mass is 16.5. The summed E-state index contributed by atoms with van der Waals surface area (Å²) in [7, 11) is 0. The molecule has 1 aromatic carbocycles. The molecule has 19 heavy (non-hydrogen) atoms. The van der Waals surface area contributed by atoms with Gasteiger partial charge in [-0.25, -0.2) is 0 Å². The number of benzene rings is 1. The lowest BCUT2D eigenvalue weighted by molar-refractivity contribution is 0.368. The van der Waals surface area contributed by atoms with Crippen LogP contribution >= 0.6 is 0 Å². The van der Waals surface area contributed by atoms with Crippen LogP contribution in [0.25, 0.3) is 0 Å². The van der Waals surface area contributed by atoms with Crippen LogP contribution in [0.5, 0.6) is 5.75 Å². The molecule has 0 unspecified atom stereocenters. The SMILES string of the molecule is Cc1noc(C)c1CNc1ccc(OCC#N)cc1. The summed E-state index contributed by atoms with van der Waals surface area (Å²) in [6.45, 7) is 4.55. The second kappa shape index (κ2) is 5.91. The van der Waals surface area contributed by atoms with Crippen molar-refractivity contribution in [2.75, 3.05) is 11.9 Å². The van der Waals surface area contributed by atoms with Crippen LogP contribution < -0.4 is 10.1 Å². The molecule has 0 atom stereocenters. The van der Waals surface area contributed by atoms with Gasteiger partial charge in [-0.1, -0.05) is 5.16 Å². The Morgan fingerprint density at radius 2 is 2.05 bits per heavy atom. The number of aryl methyl sites for hydroxylation is 2. The highest BCUT2D eigenvalue weighted by Gasteiger charge is 2.08. The number of anilines is 1. The second-order valence-electron chi connectivity index (χ2n) is 4.13. The van der Waals surface area contributed by atoms with Crippen molar-refractivity contribution in [1.29, 1.82) is 5.26 Å². The van der Waals surface area contributed by atoms with E-state index in [0.29, 0.717) is 12.3 Å². The summed E-state index contributed by atoms with van der Waals surface area (Å²) in [6.07, 6.45) is 0. The Hall–Kier alpha value is -2.48. The molecule has 0 saturated carbocycles. The van der Waals surface area contributed by atoms with Crippen molar-refractivity contribution in [3.63, 3.8) is 0 Å². The topological polar surface area (TPSA) is 71.1 Å². The molecule has 1 heterocycles. The highest BCUT2D eigenvalue weighted by molar-refractivity contribution is 5.47. The Labute approximate surface area is 111 Å². The fourth-order valence-electron chi connectivity index (χ4n) is 1.73. The summed E-state index contributed by atoms with van der Waals surface area (Å²) in [5.41, 5.74) is 2.95. The molecule has 2 rings (SSSR count). The quantitative estimate of drug-likeness (QED) is 0.891. The lowest BCUT2D eigenvalue weighted by atomic mass is 10.2. The molecule has 0 bridgehead atoms. The summed E-state index contributed by atoms with van der Waals surface area (Å²) in [4.78, 5) is 0. The molecule has 0 fully saturated rings. The number of nitrogens with one attached hydrogen (secondary N) is 1. The van der Waals surface area contributed by atoms with Crippen LogP contribution in [-0.2, 0) is 6.54 Å². The van der Waals surface area contributed by atoms with E-state index in [-0.39, 0.29) is 6.61 Å². The molecule has 0 aliphatic heterocycles. The van der Waals surface area contributed by atoms with Crippen molar-refractivity contribution in [2.45, 2.75) is 20.4 Å². The largest absolute Gasteiger partial charge is 0.479 e. The lowest BCUT2D eigenvalue weighted by Crippen LogP contribution is -2.01. The van der Waals surface area contributed by atoms with E-state index in [1.807, 2.05) is 44.2 Å². The van der Waals surface area contributed by atoms with E-state index in [1.165, 1.54) is 0 Å². The Morgan fingerprint density at radius 3 is 2.63 bits per heavy atom. The zero-order valence-corrected chi connectivity index (χ0v) is 10.9. The van der Waals surface area contributed by atoms with Crippen LogP contribution in [0.3, 0.4) is 0 Å². The van der Waals surface area contributed by atoms with E-state index in [4.69, 9.17) is 14.5 Å². The zero-order chi connectivity index (χ0) is 13.7. The highest BCUT2D eigenvalue weighted by Crippen LogP contribution is 2.18. The van der Waals surface area contributed by atoms with Crippen LogP contribution in [0.4, 0.5) is 5.69 Å². The Bertz CT molecular complexity index is 562. The molecule has 2 aromatic rings. The predicted molar refractivity (Wildman–Crippen MR) is 70.9 cm³/mol. The molecule has 1 aromatic heterocycles. The summed E-state index contributed by atoms with van der Waals surface area (Å²) in [5, 5.41) is 15.6. The minimum atomic E-state index is 0.0614. The molecule has 0 aliphatic carbocycles. The van der Waals surface area contributed by atoms with Gasteiger partial charge in [-0.15, -0.1) is 0 Å². The van der Waals surface area contributed by atoms with E-state index >= 15 is 0 Å².